The fourth-order valence-corrected chi connectivity index (χ4v) is 3.98. The Bertz CT molecular complexity index is 675. The first-order chi connectivity index (χ1) is 9.78. The largest absolute Gasteiger partial charge is 0.349 e. The third kappa shape index (κ3) is 4.01. The standard InChI is InChI=1S/C12H13BrN2O5S/c13-10-2-1-8(7-11(10)15(17)18)12(16)14-9-3-5-21(19,20)6-4-9/h1-2,7,9H,3-6H2,(H,14,16). The number of halogens is 1. The lowest BCUT2D eigenvalue weighted by Crippen LogP contribution is -2.40. The van der Waals surface area contributed by atoms with Crippen molar-refractivity contribution < 1.29 is 18.1 Å². The minimum Gasteiger partial charge on any atom is -0.349 e. The van der Waals surface area contributed by atoms with Gasteiger partial charge < -0.3 is 5.32 Å². The van der Waals surface area contributed by atoms with Gasteiger partial charge in [-0.25, -0.2) is 8.42 Å². The van der Waals surface area contributed by atoms with E-state index in [0.717, 1.165) is 0 Å². The van der Waals surface area contributed by atoms with E-state index in [2.05, 4.69) is 21.2 Å². The maximum atomic E-state index is 12.1. The number of benzene rings is 1. The highest BCUT2D eigenvalue weighted by molar-refractivity contribution is 9.10. The monoisotopic (exact) mass is 376 g/mol. The van der Waals surface area contributed by atoms with Crippen LogP contribution in [0.3, 0.4) is 0 Å². The van der Waals surface area contributed by atoms with Gasteiger partial charge in [0.15, 0.2) is 0 Å². The number of nitrogens with one attached hydrogen (secondary N) is 1. The first-order valence-corrected chi connectivity index (χ1v) is 8.85. The molecule has 0 saturated carbocycles. The molecule has 1 aromatic carbocycles. The van der Waals surface area contributed by atoms with Crippen LogP contribution in [0, 0.1) is 10.1 Å². The van der Waals surface area contributed by atoms with Crippen molar-refractivity contribution in [2.45, 2.75) is 18.9 Å². The first-order valence-electron chi connectivity index (χ1n) is 6.24. The molecule has 1 aliphatic rings. The van der Waals surface area contributed by atoms with E-state index in [1.54, 1.807) is 0 Å². The molecule has 1 aromatic rings. The van der Waals surface area contributed by atoms with Gasteiger partial charge in [-0.2, -0.15) is 0 Å². The Morgan fingerprint density at radius 3 is 2.52 bits per heavy atom. The van der Waals surface area contributed by atoms with Gasteiger partial charge in [0.2, 0.25) is 0 Å². The Morgan fingerprint density at radius 2 is 1.95 bits per heavy atom. The van der Waals surface area contributed by atoms with E-state index in [0.29, 0.717) is 17.3 Å². The molecule has 1 N–H and O–H groups in total. The number of nitro benzene ring substituents is 1. The van der Waals surface area contributed by atoms with Gasteiger partial charge in [0.05, 0.1) is 20.9 Å². The molecule has 1 saturated heterocycles. The zero-order valence-electron chi connectivity index (χ0n) is 10.9. The Hall–Kier alpha value is -1.48. The van der Waals surface area contributed by atoms with E-state index in [1.165, 1.54) is 18.2 Å². The predicted molar refractivity (Wildman–Crippen MR) is 79.9 cm³/mol. The maximum Gasteiger partial charge on any atom is 0.284 e. The molecule has 1 heterocycles. The van der Waals surface area contributed by atoms with Crippen molar-refractivity contribution in [1.29, 1.82) is 0 Å². The molecule has 2 rings (SSSR count). The van der Waals surface area contributed by atoms with Crippen LogP contribution < -0.4 is 5.32 Å². The van der Waals surface area contributed by atoms with Crippen LogP contribution in [0.5, 0.6) is 0 Å². The molecule has 0 unspecified atom stereocenters. The number of hydrogen-bond acceptors (Lipinski definition) is 5. The van der Waals surface area contributed by atoms with Crippen LogP contribution in [-0.4, -0.2) is 36.8 Å². The summed E-state index contributed by atoms with van der Waals surface area (Å²) >= 11 is 3.05. The van der Waals surface area contributed by atoms with Crippen molar-refractivity contribution in [2.75, 3.05) is 11.5 Å². The highest BCUT2D eigenvalue weighted by atomic mass is 79.9. The smallest absolute Gasteiger partial charge is 0.284 e. The second kappa shape index (κ2) is 6.10. The lowest BCUT2D eigenvalue weighted by Gasteiger charge is -2.23. The molecule has 0 atom stereocenters. The lowest BCUT2D eigenvalue weighted by atomic mass is 10.1. The number of amides is 1. The van der Waals surface area contributed by atoms with Gasteiger partial charge >= 0.3 is 0 Å². The average Bonchev–Trinajstić information content (AvgIpc) is 2.41. The van der Waals surface area contributed by atoms with Gasteiger partial charge in [-0.3, -0.25) is 14.9 Å². The minimum absolute atomic E-state index is 0.0540. The summed E-state index contributed by atoms with van der Waals surface area (Å²) in [6.07, 6.45) is 0.736. The van der Waals surface area contributed by atoms with Crippen LogP contribution in [-0.2, 0) is 9.84 Å². The maximum absolute atomic E-state index is 12.1. The van der Waals surface area contributed by atoms with Crippen LogP contribution in [0.2, 0.25) is 0 Å². The van der Waals surface area contributed by atoms with E-state index in [4.69, 9.17) is 0 Å². The van der Waals surface area contributed by atoms with Crippen LogP contribution in [0.4, 0.5) is 5.69 Å². The summed E-state index contributed by atoms with van der Waals surface area (Å²) < 4.78 is 22.9. The van der Waals surface area contributed by atoms with E-state index in [-0.39, 0.29) is 28.8 Å². The summed E-state index contributed by atoms with van der Waals surface area (Å²) in [4.78, 5) is 22.3. The zero-order valence-corrected chi connectivity index (χ0v) is 13.3. The van der Waals surface area contributed by atoms with Gasteiger partial charge in [-0.1, -0.05) is 0 Å². The molecule has 1 amide bonds. The molecule has 114 valence electrons. The summed E-state index contributed by atoms with van der Waals surface area (Å²) in [6, 6.07) is 3.90. The number of carbonyl (C=O) groups excluding carboxylic acids is 1. The predicted octanol–water partition coefficient (Wildman–Crippen LogP) is 1.66. The molecule has 1 aliphatic heterocycles. The molecule has 0 aromatic heterocycles. The van der Waals surface area contributed by atoms with Crippen molar-refractivity contribution in [3.05, 3.63) is 38.3 Å². The molecule has 0 radical (unpaired) electrons. The van der Waals surface area contributed by atoms with Gasteiger partial charge in [-0.15, -0.1) is 0 Å². The summed E-state index contributed by atoms with van der Waals surface area (Å²) in [5.41, 5.74) is -0.00722. The van der Waals surface area contributed by atoms with Crippen LogP contribution in [0.15, 0.2) is 22.7 Å². The van der Waals surface area contributed by atoms with Gasteiger partial charge in [0.25, 0.3) is 11.6 Å². The van der Waals surface area contributed by atoms with Crippen molar-refractivity contribution in [3.8, 4) is 0 Å². The second-order valence-electron chi connectivity index (χ2n) is 4.82. The number of carbonyl (C=O) groups is 1. The second-order valence-corrected chi connectivity index (χ2v) is 7.98. The van der Waals surface area contributed by atoms with Gasteiger partial charge in [-0.05, 0) is 40.9 Å². The Balaban J connectivity index is 2.07. The van der Waals surface area contributed by atoms with Crippen molar-refractivity contribution in [1.82, 2.24) is 5.32 Å². The number of sulfone groups is 1. The quantitative estimate of drug-likeness (QED) is 0.637. The van der Waals surface area contributed by atoms with E-state index >= 15 is 0 Å². The number of rotatable bonds is 3. The highest BCUT2D eigenvalue weighted by Gasteiger charge is 2.25. The third-order valence-electron chi connectivity index (χ3n) is 3.29. The molecule has 1 fully saturated rings. The third-order valence-corrected chi connectivity index (χ3v) is 5.68. The zero-order chi connectivity index (χ0) is 15.6. The Kier molecular flexibility index (Phi) is 4.62. The summed E-state index contributed by atoms with van der Waals surface area (Å²) in [5, 5.41) is 13.6. The molecule has 7 nitrogen and oxygen atoms in total. The highest BCUT2D eigenvalue weighted by Crippen LogP contribution is 2.25. The van der Waals surface area contributed by atoms with Gasteiger partial charge in [0, 0.05) is 17.7 Å². The normalized spacial score (nSPS) is 18.1. The van der Waals surface area contributed by atoms with Crippen molar-refractivity contribution in [2.24, 2.45) is 0 Å². The van der Waals surface area contributed by atoms with E-state index in [9.17, 15) is 23.3 Å². The summed E-state index contributed by atoms with van der Waals surface area (Å²) in [5.74, 6) is -0.327. The number of nitro groups is 1. The summed E-state index contributed by atoms with van der Waals surface area (Å²) in [7, 11) is -2.99. The van der Waals surface area contributed by atoms with Crippen LogP contribution in [0.1, 0.15) is 23.2 Å². The van der Waals surface area contributed by atoms with Crippen molar-refractivity contribution >= 4 is 37.4 Å². The molecule has 0 bridgehead atoms. The van der Waals surface area contributed by atoms with Crippen LogP contribution in [0.25, 0.3) is 0 Å². The first kappa shape index (κ1) is 15.9. The topological polar surface area (TPSA) is 106 Å². The molecule has 0 spiro atoms. The molecular formula is C12H13BrN2O5S. The molecule has 0 aliphatic carbocycles. The Morgan fingerprint density at radius 1 is 1.33 bits per heavy atom. The summed E-state index contributed by atoms with van der Waals surface area (Å²) in [6.45, 7) is 0. The van der Waals surface area contributed by atoms with E-state index in [1.807, 2.05) is 0 Å². The fraction of sp³-hybridized carbons (Fsp3) is 0.417. The SMILES string of the molecule is O=C(NC1CCS(=O)(=O)CC1)c1ccc(Br)c([N+](=O)[O-])c1. The van der Waals surface area contributed by atoms with E-state index < -0.39 is 20.7 Å². The molecule has 9 heteroatoms. The molecule has 21 heavy (non-hydrogen) atoms. The lowest BCUT2D eigenvalue weighted by molar-refractivity contribution is -0.385. The number of hydrogen-bond donors (Lipinski definition) is 1. The average molecular weight is 377 g/mol. The molecular weight excluding hydrogens is 364 g/mol. The fourth-order valence-electron chi connectivity index (χ4n) is 2.10. The van der Waals surface area contributed by atoms with Crippen molar-refractivity contribution in [3.63, 3.8) is 0 Å². The van der Waals surface area contributed by atoms with Gasteiger partial charge in [0.1, 0.15) is 9.84 Å². The van der Waals surface area contributed by atoms with Crippen LogP contribution >= 0.6 is 15.9 Å². The Labute approximate surface area is 129 Å². The minimum atomic E-state index is -2.99. The number of nitrogens with zero attached hydrogens (tertiary/aromatic N) is 1.